The third-order valence-corrected chi connectivity index (χ3v) is 16.3. The third-order valence-electron chi connectivity index (χ3n) is 16.3. The van der Waals surface area contributed by atoms with Gasteiger partial charge in [0.1, 0.15) is 13.2 Å². The maximum absolute atomic E-state index is 13.0. The molecule has 0 aromatic rings. The van der Waals surface area contributed by atoms with Gasteiger partial charge in [-0.3, -0.25) is 14.4 Å². The van der Waals surface area contributed by atoms with Crippen molar-refractivity contribution < 1.29 is 28.6 Å². The summed E-state index contributed by atoms with van der Waals surface area (Å²) in [5.41, 5.74) is 0. The second-order valence-corrected chi connectivity index (χ2v) is 24.5. The Hall–Kier alpha value is -2.89. The van der Waals surface area contributed by atoms with Gasteiger partial charge in [-0.2, -0.15) is 0 Å². The van der Waals surface area contributed by atoms with Crippen LogP contribution in [0.25, 0.3) is 0 Å². The largest absolute Gasteiger partial charge is 0.462 e. The predicted molar refractivity (Wildman–Crippen MR) is 358 cm³/mol. The molecule has 6 nitrogen and oxygen atoms in total. The second-order valence-electron chi connectivity index (χ2n) is 24.5. The third kappa shape index (κ3) is 67.9. The molecule has 0 saturated carbocycles. The van der Waals surface area contributed by atoms with E-state index in [2.05, 4.69) is 81.5 Å². The molecule has 0 aliphatic heterocycles. The van der Waals surface area contributed by atoms with Crippen molar-refractivity contribution in [1.29, 1.82) is 0 Å². The number of hydrogen-bond acceptors (Lipinski definition) is 6. The van der Waals surface area contributed by atoms with Gasteiger partial charge in [0.2, 0.25) is 0 Å². The van der Waals surface area contributed by atoms with E-state index in [0.717, 1.165) is 83.5 Å². The summed E-state index contributed by atoms with van der Waals surface area (Å²) >= 11 is 0. The summed E-state index contributed by atoms with van der Waals surface area (Å²) in [5.74, 6) is -0.843. The first-order chi connectivity index (χ1) is 40.5. The first kappa shape index (κ1) is 79.1. The fraction of sp³-hybridized carbons (Fsp3) is 0.829. The van der Waals surface area contributed by atoms with Gasteiger partial charge >= 0.3 is 17.9 Å². The first-order valence-corrected chi connectivity index (χ1v) is 36.3. The van der Waals surface area contributed by atoms with Crippen molar-refractivity contribution >= 4 is 17.9 Å². The molecule has 0 aromatic heterocycles. The normalized spacial score (nSPS) is 12.4. The maximum atomic E-state index is 13.0. The number of allylic oxidation sites excluding steroid dienone is 10. The highest BCUT2D eigenvalue weighted by atomic mass is 16.6. The molecule has 1 atom stereocenters. The monoisotopic (exact) mass is 1150 g/mol. The van der Waals surface area contributed by atoms with Crippen LogP contribution < -0.4 is 0 Å². The molecule has 0 bridgehead atoms. The summed E-state index contributed by atoms with van der Waals surface area (Å²) < 4.78 is 17.0. The molecular formula is C76H138O6. The Morgan fingerprint density at radius 2 is 0.476 bits per heavy atom. The average molecular weight is 1150 g/mol. The molecule has 0 saturated heterocycles. The summed E-state index contributed by atoms with van der Waals surface area (Å²) in [6.07, 6.45) is 91.1. The van der Waals surface area contributed by atoms with Crippen LogP contribution >= 0.6 is 0 Å². The molecule has 478 valence electrons. The van der Waals surface area contributed by atoms with Crippen LogP contribution in [0.2, 0.25) is 0 Å². The van der Waals surface area contributed by atoms with E-state index in [4.69, 9.17) is 14.2 Å². The van der Waals surface area contributed by atoms with Crippen molar-refractivity contribution in [2.24, 2.45) is 0 Å². The molecule has 0 aromatic carbocycles. The average Bonchev–Trinajstić information content (AvgIpc) is 3.48. The summed E-state index contributed by atoms with van der Waals surface area (Å²) in [6, 6.07) is 0. The van der Waals surface area contributed by atoms with Crippen LogP contribution in [-0.2, 0) is 28.6 Å². The van der Waals surface area contributed by atoms with Gasteiger partial charge < -0.3 is 14.2 Å². The SMILES string of the molecule is CC/C=C\C/C=C\C/C=C\C/C=C\CCCCCCCCCCCCCCCCC(=O)OCC(COC(=O)CCCCCCCCCCCCCCCC)OC(=O)CCCCCCCCCCCCC/C=C\CCCCCCCCCC. The van der Waals surface area contributed by atoms with Crippen LogP contribution in [0, 0.1) is 0 Å². The van der Waals surface area contributed by atoms with Crippen molar-refractivity contribution in [1.82, 2.24) is 0 Å². The number of ether oxygens (including phenoxy) is 3. The lowest BCUT2D eigenvalue weighted by molar-refractivity contribution is -0.167. The molecule has 0 radical (unpaired) electrons. The highest BCUT2D eigenvalue weighted by molar-refractivity contribution is 5.71. The number of unbranched alkanes of at least 4 members (excludes halogenated alkanes) is 46. The van der Waals surface area contributed by atoms with E-state index in [1.807, 2.05) is 0 Å². The molecule has 0 rings (SSSR count). The van der Waals surface area contributed by atoms with Gasteiger partial charge in [-0.25, -0.2) is 0 Å². The number of esters is 3. The van der Waals surface area contributed by atoms with Crippen molar-refractivity contribution in [2.75, 3.05) is 13.2 Å². The Balaban J connectivity index is 4.25. The number of carbonyl (C=O) groups is 3. The molecule has 0 aliphatic carbocycles. The number of carbonyl (C=O) groups excluding carboxylic acids is 3. The quantitative estimate of drug-likeness (QED) is 0.0261. The molecule has 1 unspecified atom stereocenters. The Bertz CT molecular complexity index is 1460. The standard InChI is InChI=1S/C76H138O6/c1-4-7-10-13-16-19-22-25-28-30-32-34-36-37-38-39-41-42-44-46-48-51-54-57-60-63-66-69-75(78)81-72-73(71-80-74(77)68-65-62-59-56-53-50-27-24-21-18-15-12-9-6-3)82-76(79)70-67-64-61-58-55-52-49-47-45-43-40-35-33-31-29-26-23-20-17-14-11-8-5-2/h7,10,16,19,25,28,31-34,73H,4-6,8-9,11-15,17-18,20-24,26-27,29-30,35-72H2,1-3H3/b10-7-,19-16-,28-25-,33-31-,34-32-. The van der Waals surface area contributed by atoms with Crippen molar-refractivity contribution in [3.63, 3.8) is 0 Å². The summed E-state index contributed by atoms with van der Waals surface area (Å²) in [7, 11) is 0. The Kier molecular flexibility index (Phi) is 68.1. The van der Waals surface area contributed by atoms with Crippen LogP contribution in [0.15, 0.2) is 60.8 Å². The fourth-order valence-electron chi connectivity index (χ4n) is 10.8. The van der Waals surface area contributed by atoms with E-state index in [9.17, 15) is 14.4 Å². The summed E-state index contributed by atoms with van der Waals surface area (Å²) in [4.78, 5) is 38.5. The van der Waals surface area contributed by atoms with E-state index >= 15 is 0 Å². The van der Waals surface area contributed by atoms with Gasteiger partial charge in [0.25, 0.3) is 0 Å². The van der Waals surface area contributed by atoms with Crippen molar-refractivity contribution in [2.45, 2.75) is 393 Å². The van der Waals surface area contributed by atoms with Crippen molar-refractivity contribution in [3.8, 4) is 0 Å². The first-order valence-electron chi connectivity index (χ1n) is 36.3. The molecule has 82 heavy (non-hydrogen) atoms. The Morgan fingerprint density at radius 3 is 0.756 bits per heavy atom. The zero-order chi connectivity index (χ0) is 59.2. The molecule has 6 heteroatoms. The van der Waals surface area contributed by atoms with Crippen LogP contribution in [0.1, 0.15) is 387 Å². The molecule has 0 heterocycles. The van der Waals surface area contributed by atoms with E-state index in [1.165, 1.54) is 263 Å². The van der Waals surface area contributed by atoms with E-state index in [0.29, 0.717) is 19.3 Å². The Labute approximate surface area is 510 Å². The predicted octanol–water partition coefficient (Wildman–Crippen LogP) is 25.1. The number of hydrogen-bond donors (Lipinski definition) is 0. The zero-order valence-corrected chi connectivity index (χ0v) is 55.0. The minimum atomic E-state index is -0.773. The lowest BCUT2D eigenvalue weighted by atomic mass is 10.0. The molecular weight excluding hydrogens is 1010 g/mol. The highest BCUT2D eigenvalue weighted by Gasteiger charge is 2.19. The zero-order valence-electron chi connectivity index (χ0n) is 55.0. The minimum absolute atomic E-state index is 0.0688. The highest BCUT2D eigenvalue weighted by Crippen LogP contribution is 2.18. The van der Waals surface area contributed by atoms with E-state index < -0.39 is 6.10 Å². The topological polar surface area (TPSA) is 78.9 Å². The fourth-order valence-corrected chi connectivity index (χ4v) is 10.8. The maximum Gasteiger partial charge on any atom is 0.306 e. The minimum Gasteiger partial charge on any atom is -0.462 e. The number of rotatable bonds is 67. The van der Waals surface area contributed by atoms with E-state index in [1.54, 1.807) is 0 Å². The molecule has 0 fully saturated rings. The summed E-state index contributed by atoms with van der Waals surface area (Å²) in [5, 5.41) is 0. The van der Waals surface area contributed by atoms with Gasteiger partial charge in [0, 0.05) is 19.3 Å². The second kappa shape index (κ2) is 70.6. The van der Waals surface area contributed by atoms with Gasteiger partial charge in [-0.15, -0.1) is 0 Å². The molecule has 0 amide bonds. The summed E-state index contributed by atoms with van der Waals surface area (Å²) in [6.45, 7) is 6.60. The molecule has 0 spiro atoms. The van der Waals surface area contributed by atoms with Gasteiger partial charge in [0.15, 0.2) is 6.10 Å². The van der Waals surface area contributed by atoms with Crippen molar-refractivity contribution in [3.05, 3.63) is 60.8 Å². The van der Waals surface area contributed by atoms with E-state index in [-0.39, 0.29) is 31.1 Å². The van der Waals surface area contributed by atoms with Crippen LogP contribution in [0.4, 0.5) is 0 Å². The van der Waals surface area contributed by atoms with Gasteiger partial charge in [-0.05, 0) is 83.5 Å². The van der Waals surface area contributed by atoms with Gasteiger partial charge in [0.05, 0.1) is 0 Å². The van der Waals surface area contributed by atoms with Crippen LogP contribution in [0.5, 0.6) is 0 Å². The van der Waals surface area contributed by atoms with Crippen LogP contribution in [0.3, 0.4) is 0 Å². The molecule has 0 aliphatic rings. The Morgan fingerprint density at radius 1 is 0.256 bits per heavy atom. The lowest BCUT2D eigenvalue weighted by Gasteiger charge is -2.18. The molecule has 0 N–H and O–H groups in total. The lowest BCUT2D eigenvalue weighted by Crippen LogP contribution is -2.30. The van der Waals surface area contributed by atoms with Gasteiger partial charge in [-0.1, -0.05) is 345 Å². The smallest absolute Gasteiger partial charge is 0.306 e. The van der Waals surface area contributed by atoms with Crippen LogP contribution in [-0.4, -0.2) is 37.2 Å².